The maximum atomic E-state index is 12.4. The van der Waals surface area contributed by atoms with Crippen LogP contribution >= 0.6 is 0 Å². The first-order valence-corrected chi connectivity index (χ1v) is 6.45. The van der Waals surface area contributed by atoms with E-state index in [1.807, 2.05) is 45.0 Å². The molecule has 5 heteroatoms. The number of hydrogen-bond donors (Lipinski definition) is 0. The smallest absolute Gasteiger partial charge is 0.237 e. The minimum atomic E-state index is -0.697. The van der Waals surface area contributed by atoms with Crippen molar-refractivity contribution in [2.45, 2.75) is 39.3 Å². The molecule has 1 saturated carbocycles. The molecule has 2 rings (SSSR count). The summed E-state index contributed by atoms with van der Waals surface area (Å²) < 4.78 is 0. The number of amides is 1. The monoisotopic (exact) mass is 262 g/mol. The van der Waals surface area contributed by atoms with Crippen molar-refractivity contribution < 1.29 is 9.72 Å². The molecule has 0 unspecified atom stereocenters. The molecule has 1 aliphatic carbocycles. The van der Waals surface area contributed by atoms with Crippen molar-refractivity contribution in [3.63, 3.8) is 0 Å². The number of nitrogens with zero attached hydrogens (tertiary/aromatic N) is 2. The van der Waals surface area contributed by atoms with E-state index >= 15 is 0 Å². The summed E-state index contributed by atoms with van der Waals surface area (Å²) in [5.74, 6) is -0.594. The molecular formula is C14H18N2O3. The number of benzene rings is 1. The van der Waals surface area contributed by atoms with E-state index in [2.05, 4.69) is 0 Å². The van der Waals surface area contributed by atoms with Crippen molar-refractivity contribution in [3.8, 4) is 0 Å². The van der Waals surface area contributed by atoms with Crippen LogP contribution in [0, 0.1) is 23.0 Å². The van der Waals surface area contributed by atoms with Gasteiger partial charge in [0.2, 0.25) is 11.9 Å². The van der Waals surface area contributed by atoms with Crippen molar-refractivity contribution in [1.29, 1.82) is 0 Å². The van der Waals surface area contributed by atoms with Gasteiger partial charge in [-0.05, 0) is 32.4 Å². The highest BCUT2D eigenvalue weighted by Gasteiger charge is 2.55. The average molecular weight is 262 g/mol. The quantitative estimate of drug-likeness (QED) is 0.618. The molecule has 0 radical (unpaired) electrons. The summed E-state index contributed by atoms with van der Waals surface area (Å²) in [5.41, 5.74) is 1.85. The van der Waals surface area contributed by atoms with E-state index in [0.717, 1.165) is 11.3 Å². The molecule has 0 aliphatic heterocycles. The molecule has 0 N–H and O–H groups in total. The van der Waals surface area contributed by atoms with Gasteiger partial charge in [-0.25, -0.2) is 0 Å². The van der Waals surface area contributed by atoms with Gasteiger partial charge < -0.3 is 4.90 Å². The Morgan fingerprint density at radius 3 is 2.53 bits per heavy atom. The number of para-hydroxylation sites is 1. The van der Waals surface area contributed by atoms with Crippen LogP contribution in [0.1, 0.15) is 25.8 Å². The largest absolute Gasteiger partial charge is 0.309 e. The highest BCUT2D eigenvalue weighted by Crippen LogP contribution is 2.37. The summed E-state index contributed by atoms with van der Waals surface area (Å²) in [7, 11) is 0. The van der Waals surface area contributed by atoms with Gasteiger partial charge in [0.15, 0.2) is 0 Å². The Morgan fingerprint density at radius 2 is 2.05 bits per heavy atom. The first-order valence-electron chi connectivity index (χ1n) is 6.45. The number of anilines is 1. The third-order valence-electron chi connectivity index (χ3n) is 3.47. The Balaban J connectivity index is 2.25. The van der Waals surface area contributed by atoms with Crippen LogP contribution in [0.25, 0.3) is 0 Å². The normalized spacial score (nSPS) is 21.3. The van der Waals surface area contributed by atoms with Gasteiger partial charge in [-0.3, -0.25) is 14.9 Å². The Morgan fingerprint density at radius 1 is 1.42 bits per heavy atom. The lowest BCUT2D eigenvalue weighted by Crippen LogP contribution is -2.39. The molecular weight excluding hydrogens is 244 g/mol. The Bertz CT molecular complexity index is 513. The lowest BCUT2D eigenvalue weighted by molar-refractivity contribution is -0.497. The van der Waals surface area contributed by atoms with Gasteiger partial charge in [-0.1, -0.05) is 18.2 Å². The summed E-state index contributed by atoms with van der Waals surface area (Å²) >= 11 is 0. The molecule has 1 aliphatic rings. The predicted molar refractivity (Wildman–Crippen MR) is 72.7 cm³/mol. The fourth-order valence-corrected chi connectivity index (χ4v) is 2.34. The van der Waals surface area contributed by atoms with Crippen molar-refractivity contribution in [1.82, 2.24) is 0 Å². The molecule has 1 aromatic carbocycles. The van der Waals surface area contributed by atoms with Crippen LogP contribution in [0.2, 0.25) is 0 Å². The SMILES string of the molecule is Cc1ccccc1N(C(=O)[C@H]1C[C@@H]1[N+](=O)[O-])C(C)C. The van der Waals surface area contributed by atoms with Gasteiger partial charge in [0.05, 0.1) is 0 Å². The van der Waals surface area contributed by atoms with Crippen molar-refractivity contribution in [3.05, 3.63) is 39.9 Å². The molecule has 0 saturated heterocycles. The second-order valence-corrected chi connectivity index (χ2v) is 5.28. The standard InChI is InChI=1S/C14H18N2O3/c1-9(2)15(12-7-5-4-6-10(12)3)14(17)11-8-13(11)16(18)19/h4-7,9,11,13H,8H2,1-3H3/t11-,13-/m0/s1. The van der Waals surface area contributed by atoms with Crippen LogP contribution in [0.3, 0.4) is 0 Å². The summed E-state index contributed by atoms with van der Waals surface area (Å²) in [5, 5.41) is 10.7. The fraction of sp³-hybridized carbons (Fsp3) is 0.500. The first kappa shape index (κ1) is 13.5. The maximum absolute atomic E-state index is 12.4. The van der Waals surface area contributed by atoms with Crippen LogP contribution in [0.5, 0.6) is 0 Å². The molecule has 0 spiro atoms. The number of nitro groups is 1. The molecule has 19 heavy (non-hydrogen) atoms. The number of rotatable bonds is 4. The topological polar surface area (TPSA) is 63.5 Å². The molecule has 102 valence electrons. The molecule has 0 bridgehead atoms. The van der Waals surface area contributed by atoms with E-state index < -0.39 is 12.0 Å². The molecule has 2 atom stereocenters. The van der Waals surface area contributed by atoms with E-state index in [0.29, 0.717) is 6.42 Å². The number of hydrogen-bond acceptors (Lipinski definition) is 3. The lowest BCUT2D eigenvalue weighted by Gasteiger charge is -2.28. The minimum Gasteiger partial charge on any atom is -0.309 e. The predicted octanol–water partition coefficient (Wildman–Crippen LogP) is 2.40. The zero-order valence-corrected chi connectivity index (χ0v) is 11.4. The van der Waals surface area contributed by atoms with Crippen molar-refractivity contribution >= 4 is 11.6 Å². The molecule has 1 fully saturated rings. The summed E-state index contributed by atoms with van der Waals surface area (Å²) in [6, 6.07) is 6.91. The van der Waals surface area contributed by atoms with E-state index in [1.54, 1.807) is 4.90 Å². The van der Waals surface area contributed by atoms with Gasteiger partial charge in [0.1, 0.15) is 5.92 Å². The van der Waals surface area contributed by atoms with Crippen molar-refractivity contribution in [2.75, 3.05) is 4.90 Å². The Hall–Kier alpha value is -1.91. The minimum absolute atomic E-state index is 0.0124. The average Bonchev–Trinajstić information content (AvgIpc) is 3.11. The molecule has 5 nitrogen and oxygen atoms in total. The lowest BCUT2D eigenvalue weighted by atomic mass is 10.1. The van der Waals surface area contributed by atoms with E-state index in [1.165, 1.54) is 0 Å². The maximum Gasteiger partial charge on any atom is 0.237 e. The number of aryl methyl sites for hydroxylation is 1. The van der Waals surface area contributed by atoms with Gasteiger partial charge in [0, 0.05) is 23.1 Å². The van der Waals surface area contributed by atoms with Crippen LogP contribution < -0.4 is 4.90 Å². The second kappa shape index (κ2) is 4.99. The Kier molecular flexibility index (Phi) is 3.55. The van der Waals surface area contributed by atoms with Crippen LogP contribution in [0.15, 0.2) is 24.3 Å². The zero-order chi connectivity index (χ0) is 14.2. The van der Waals surface area contributed by atoms with Gasteiger partial charge in [-0.2, -0.15) is 0 Å². The number of carbonyl (C=O) groups is 1. The van der Waals surface area contributed by atoms with Crippen LogP contribution in [0.4, 0.5) is 5.69 Å². The summed E-state index contributed by atoms with van der Waals surface area (Å²) in [4.78, 5) is 24.5. The van der Waals surface area contributed by atoms with Crippen LogP contribution in [-0.2, 0) is 4.79 Å². The highest BCUT2D eigenvalue weighted by atomic mass is 16.6. The molecule has 1 amide bonds. The third-order valence-corrected chi connectivity index (χ3v) is 3.47. The third kappa shape index (κ3) is 2.59. The Labute approximate surface area is 112 Å². The van der Waals surface area contributed by atoms with Gasteiger partial charge in [0.25, 0.3) is 0 Å². The number of carbonyl (C=O) groups excluding carboxylic acids is 1. The van der Waals surface area contributed by atoms with Gasteiger partial charge >= 0.3 is 0 Å². The van der Waals surface area contributed by atoms with Gasteiger partial charge in [-0.15, -0.1) is 0 Å². The van der Waals surface area contributed by atoms with Crippen molar-refractivity contribution in [2.24, 2.45) is 5.92 Å². The highest BCUT2D eigenvalue weighted by molar-refractivity contribution is 5.98. The zero-order valence-electron chi connectivity index (χ0n) is 11.4. The van der Waals surface area contributed by atoms with E-state index in [-0.39, 0.29) is 16.9 Å². The summed E-state index contributed by atoms with van der Waals surface area (Å²) in [6.07, 6.45) is 0.362. The van der Waals surface area contributed by atoms with Crippen LogP contribution in [-0.4, -0.2) is 22.9 Å². The second-order valence-electron chi connectivity index (χ2n) is 5.28. The fourth-order valence-electron chi connectivity index (χ4n) is 2.34. The molecule has 1 aromatic rings. The summed E-state index contributed by atoms with van der Waals surface area (Å²) in [6.45, 7) is 5.79. The van der Waals surface area contributed by atoms with E-state index in [9.17, 15) is 14.9 Å². The molecule has 0 heterocycles. The first-order chi connectivity index (χ1) is 8.93. The molecule has 0 aromatic heterocycles. The van der Waals surface area contributed by atoms with E-state index in [4.69, 9.17) is 0 Å².